The summed E-state index contributed by atoms with van der Waals surface area (Å²) >= 11 is 0. The fourth-order valence-corrected chi connectivity index (χ4v) is 1.23. The van der Waals surface area contributed by atoms with Gasteiger partial charge in [0.25, 0.3) is 0 Å². The first-order valence-corrected chi connectivity index (χ1v) is 5.23. The van der Waals surface area contributed by atoms with E-state index in [9.17, 15) is 0 Å². The van der Waals surface area contributed by atoms with Gasteiger partial charge in [0.2, 0.25) is 0 Å². The summed E-state index contributed by atoms with van der Waals surface area (Å²) in [6.07, 6.45) is 3.50. The number of hydrogen-bond acceptors (Lipinski definition) is 3. The number of nitrogens with one attached hydrogen (secondary N) is 2. The van der Waals surface area contributed by atoms with E-state index in [1.165, 1.54) is 0 Å². The molecule has 16 heavy (non-hydrogen) atoms. The first kappa shape index (κ1) is 12.2. The van der Waals surface area contributed by atoms with Crippen LogP contribution in [0.25, 0.3) is 0 Å². The molecule has 0 amide bonds. The molecule has 0 saturated heterocycles. The first-order valence-electron chi connectivity index (χ1n) is 5.23. The first-order chi connectivity index (χ1) is 7.81. The van der Waals surface area contributed by atoms with Crippen LogP contribution in [0.1, 0.15) is 12.7 Å². The molecule has 0 fully saturated rings. The van der Waals surface area contributed by atoms with Gasteiger partial charge in [0.05, 0.1) is 6.54 Å². The number of rotatable bonds is 5. The zero-order valence-electron chi connectivity index (χ0n) is 9.77. The molecule has 0 aliphatic rings. The summed E-state index contributed by atoms with van der Waals surface area (Å²) < 4.78 is 1.98. The molecule has 1 heterocycles. The number of nitrogens with zero attached hydrogens (tertiary/aromatic N) is 4. The highest BCUT2D eigenvalue weighted by molar-refractivity contribution is 5.79. The van der Waals surface area contributed by atoms with E-state index in [1.54, 1.807) is 19.5 Å². The van der Waals surface area contributed by atoms with Crippen molar-refractivity contribution in [3.63, 3.8) is 0 Å². The molecule has 0 saturated carbocycles. The molecule has 1 rings (SSSR count). The minimum Gasteiger partial charge on any atom is -0.353 e. The number of aryl methyl sites for hydroxylation is 1. The highest BCUT2D eigenvalue weighted by Crippen LogP contribution is 1.93. The van der Waals surface area contributed by atoms with Gasteiger partial charge >= 0.3 is 0 Å². The molecule has 6 heteroatoms. The van der Waals surface area contributed by atoms with Crippen LogP contribution in [0.2, 0.25) is 0 Å². The van der Waals surface area contributed by atoms with Gasteiger partial charge in [-0.15, -0.1) is 16.8 Å². The molecule has 0 bridgehead atoms. The molecular formula is C10H18N6. The lowest BCUT2D eigenvalue weighted by atomic mass is 10.5. The minimum atomic E-state index is 0.602. The number of aliphatic imine (C=N–C) groups is 1. The van der Waals surface area contributed by atoms with Crippen molar-refractivity contribution in [3.8, 4) is 0 Å². The van der Waals surface area contributed by atoms with E-state index < -0.39 is 0 Å². The van der Waals surface area contributed by atoms with E-state index in [0.29, 0.717) is 13.1 Å². The van der Waals surface area contributed by atoms with Gasteiger partial charge in [-0.3, -0.25) is 4.99 Å². The lowest BCUT2D eigenvalue weighted by Crippen LogP contribution is -2.37. The van der Waals surface area contributed by atoms with Crippen molar-refractivity contribution < 1.29 is 0 Å². The third-order valence-corrected chi connectivity index (χ3v) is 2.09. The van der Waals surface area contributed by atoms with Crippen molar-refractivity contribution in [3.05, 3.63) is 24.8 Å². The fraction of sp³-hybridized carbons (Fsp3) is 0.500. The molecule has 1 aromatic heterocycles. The van der Waals surface area contributed by atoms with Gasteiger partial charge in [0.15, 0.2) is 11.8 Å². The van der Waals surface area contributed by atoms with Crippen LogP contribution in [-0.4, -0.2) is 34.3 Å². The highest BCUT2D eigenvalue weighted by atomic mass is 15.3. The third kappa shape index (κ3) is 3.38. The van der Waals surface area contributed by atoms with Gasteiger partial charge in [0.1, 0.15) is 6.33 Å². The normalized spacial score (nSPS) is 11.2. The Labute approximate surface area is 95.5 Å². The third-order valence-electron chi connectivity index (χ3n) is 2.09. The van der Waals surface area contributed by atoms with Crippen LogP contribution >= 0.6 is 0 Å². The lowest BCUT2D eigenvalue weighted by molar-refractivity contribution is 0.672. The zero-order chi connectivity index (χ0) is 11.8. The molecule has 1 aromatic rings. The van der Waals surface area contributed by atoms with Crippen LogP contribution in [0, 0.1) is 0 Å². The van der Waals surface area contributed by atoms with Crippen molar-refractivity contribution in [2.75, 3.05) is 13.6 Å². The van der Waals surface area contributed by atoms with E-state index in [2.05, 4.69) is 39.3 Å². The Kier molecular flexibility index (Phi) is 5.04. The summed E-state index contributed by atoms with van der Waals surface area (Å²) in [5.41, 5.74) is 0. The lowest BCUT2D eigenvalue weighted by Gasteiger charge is -2.10. The Morgan fingerprint density at radius 2 is 2.44 bits per heavy atom. The summed E-state index contributed by atoms with van der Waals surface area (Å²) in [5.74, 6) is 1.62. The summed E-state index contributed by atoms with van der Waals surface area (Å²) in [6, 6.07) is 0. The highest BCUT2D eigenvalue weighted by Gasteiger charge is 2.03. The van der Waals surface area contributed by atoms with Crippen molar-refractivity contribution >= 4 is 5.96 Å². The van der Waals surface area contributed by atoms with Gasteiger partial charge in [-0.2, -0.15) is 0 Å². The van der Waals surface area contributed by atoms with Gasteiger partial charge < -0.3 is 15.2 Å². The standard InChI is InChI=1S/C10H18N6/c1-4-6-12-10(11-3)13-7-9-15-14-8-16(9)5-2/h4,8H,1,5-7H2,2-3H3,(H2,11,12,13). The van der Waals surface area contributed by atoms with Crippen molar-refractivity contribution in [1.29, 1.82) is 0 Å². The predicted molar refractivity (Wildman–Crippen MR) is 64.1 cm³/mol. The quantitative estimate of drug-likeness (QED) is 0.423. The van der Waals surface area contributed by atoms with Crippen molar-refractivity contribution in [2.45, 2.75) is 20.0 Å². The maximum Gasteiger partial charge on any atom is 0.191 e. The fourth-order valence-electron chi connectivity index (χ4n) is 1.23. The number of hydrogen-bond donors (Lipinski definition) is 2. The summed E-state index contributed by atoms with van der Waals surface area (Å²) in [5, 5.41) is 14.1. The second kappa shape index (κ2) is 6.60. The van der Waals surface area contributed by atoms with Crippen molar-refractivity contribution in [2.24, 2.45) is 4.99 Å². The van der Waals surface area contributed by atoms with E-state index >= 15 is 0 Å². The molecule has 0 aliphatic carbocycles. The van der Waals surface area contributed by atoms with Crippen LogP contribution < -0.4 is 10.6 Å². The topological polar surface area (TPSA) is 67.1 Å². The van der Waals surface area contributed by atoms with Gasteiger partial charge in [-0.25, -0.2) is 0 Å². The Morgan fingerprint density at radius 1 is 1.62 bits per heavy atom. The SMILES string of the molecule is C=CCNC(=NC)NCc1nncn1CC. The predicted octanol–water partition coefficient (Wildman–Crippen LogP) is 0.149. The van der Waals surface area contributed by atoms with Crippen LogP contribution in [0.5, 0.6) is 0 Å². The molecule has 0 radical (unpaired) electrons. The minimum absolute atomic E-state index is 0.602. The van der Waals surface area contributed by atoms with E-state index in [1.807, 2.05) is 4.57 Å². The number of aromatic nitrogens is 3. The molecule has 0 aromatic carbocycles. The molecule has 88 valence electrons. The molecule has 6 nitrogen and oxygen atoms in total. The smallest absolute Gasteiger partial charge is 0.191 e. The molecule has 0 unspecified atom stereocenters. The van der Waals surface area contributed by atoms with E-state index in [4.69, 9.17) is 0 Å². The maximum atomic E-state index is 4.07. The van der Waals surface area contributed by atoms with Gasteiger partial charge in [-0.1, -0.05) is 6.08 Å². The largest absolute Gasteiger partial charge is 0.353 e. The molecular weight excluding hydrogens is 204 g/mol. The average Bonchev–Trinajstić information content (AvgIpc) is 2.77. The Hall–Kier alpha value is -1.85. The number of guanidine groups is 1. The van der Waals surface area contributed by atoms with Crippen LogP contribution in [-0.2, 0) is 13.1 Å². The van der Waals surface area contributed by atoms with E-state index in [0.717, 1.165) is 18.3 Å². The second-order valence-corrected chi connectivity index (χ2v) is 3.13. The monoisotopic (exact) mass is 222 g/mol. The second-order valence-electron chi connectivity index (χ2n) is 3.13. The summed E-state index contributed by atoms with van der Waals surface area (Å²) in [7, 11) is 1.73. The van der Waals surface area contributed by atoms with Gasteiger partial charge in [0, 0.05) is 20.1 Å². The Balaban J connectivity index is 2.46. The average molecular weight is 222 g/mol. The molecule has 0 aliphatic heterocycles. The molecule has 0 spiro atoms. The van der Waals surface area contributed by atoms with Crippen LogP contribution in [0.15, 0.2) is 24.0 Å². The summed E-state index contributed by atoms with van der Waals surface area (Å²) in [4.78, 5) is 4.07. The molecule has 2 N–H and O–H groups in total. The maximum absolute atomic E-state index is 4.07. The van der Waals surface area contributed by atoms with E-state index in [-0.39, 0.29) is 0 Å². The molecule has 0 atom stereocenters. The Bertz CT molecular complexity index is 354. The van der Waals surface area contributed by atoms with Crippen LogP contribution in [0.4, 0.5) is 0 Å². The zero-order valence-corrected chi connectivity index (χ0v) is 9.77. The Morgan fingerprint density at radius 3 is 3.06 bits per heavy atom. The summed E-state index contributed by atoms with van der Waals surface area (Å²) in [6.45, 7) is 7.83. The van der Waals surface area contributed by atoms with Gasteiger partial charge in [-0.05, 0) is 6.92 Å². The van der Waals surface area contributed by atoms with Crippen molar-refractivity contribution in [1.82, 2.24) is 25.4 Å². The van der Waals surface area contributed by atoms with Crippen LogP contribution in [0.3, 0.4) is 0 Å².